The van der Waals surface area contributed by atoms with Gasteiger partial charge in [0.25, 0.3) is 5.91 Å². The molecule has 0 aliphatic carbocycles. The molecule has 0 aliphatic heterocycles. The van der Waals surface area contributed by atoms with E-state index in [2.05, 4.69) is 20.8 Å². The molecule has 1 aromatic heterocycles. The highest BCUT2D eigenvalue weighted by molar-refractivity contribution is 7.20. The molecule has 0 spiro atoms. The first-order valence-electron chi connectivity index (χ1n) is 9.83. The Morgan fingerprint density at radius 1 is 0.938 bits per heavy atom. The third-order valence-corrected chi connectivity index (χ3v) is 5.54. The Balaban J connectivity index is 1.51. The van der Waals surface area contributed by atoms with Crippen molar-refractivity contribution >= 4 is 51.3 Å². The van der Waals surface area contributed by atoms with Crippen molar-refractivity contribution in [1.29, 1.82) is 0 Å². The van der Waals surface area contributed by atoms with E-state index in [0.717, 1.165) is 11.1 Å². The third-order valence-electron chi connectivity index (χ3n) is 4.42. The van der Waals surface area contributed by atoms with E-state index in [4.69, 9.17) is 11.6 Å². The molecule has 0 fully saturated rings. The zero-order chi connectivity index (χ0) is 22.2. The van der Waals surface area contributed by atoms with Crippen LogP contribution in [0.5, 0.6) is 0 Å². The molecule has 0 unspecified atom stereocenters. The predicted molar refractivity (Wildman–Crippen MR) is 135 cm³/mol. The van der Waals surface area contributed by atoms with Crippen molar-refractivity contribution in [2.45, 2.75) is 0 Å². The molecule has 4 rings (SSSR count). The normalized spacial score (nSPS) is 11.2. The fourth-order valence-corrected chi connectivity index (χ4v) is 3.83. The van der Waals surface area contributed by atoms with Crippen molar-refractivity contribution in [2.75, 3.05) is 10.7 Å². The number of anilines is 2. The van der Waals surface area contributed by atoms with E-state index >= 15 is 0 Å². The van der Waals surface area contributed by atoms with Crippen LogP contribution in [0.1, 0.15) is 15.9 Å². The summed E-state index contributed by atoms with van der Waals surface area (Å²) in [6.45, 7) is 0. The van der Waals surface area contributed by atoms with E-state index in [-0.39, 0.29) is 5.91 Å². The number of nitrogens with zero attached hydrogens (tertiary/aromatic N) is 2. The summed E-state index contributed by atoms with van der Waals surface area (Å²) in [5, 5.41) is 8.95. The molecule has 32 heavy (non-hydrogen) atoms. The van der Waals surface area contributed by atoms with Gasteiger partial charge in [-0.05, 0) is 35.9 Å². The third kappa shape index (κ3) is 5.69. The minimum absolute atomic E-state index is 0.233. The van der Waals surface area contributed by atoms with Crippen LogP contribution in [0.15, 0.2) is 96.1 Å². The lowest BCUT2D eigenvalue weighted by molar-refractivity contribution is 0.102. The highest BCUT2D eigenvalue weighted by Gasteiger charge is 2.16. The molecular formula is C25H19ClN4OS. The van der Waals surface area contributed by atoms with Gasteiger partial charge in [0.2, 0.25) is 5.13 Å². The Labute approximate surface area is 195 Å². The van der Waals surface area contributed by atoms with Gasteiger partial charge in [-0.15, -0.1) is 0 Å². The SMILES string of the molecule is O=C(Nc1sc(N/N=C\C=C\c2ccccc2)nc1-c1ccccc1)c1ccc(Cl)cc1. The number of benzene rings is 3. The molecule has 158 valence electrons. The number of carbonyl (C=O) groups excluding carboxylic acids is 1. The number of allylic oxidation sites excluding steroid dienone is 1. The molecule has 7 heteroatoms. The molecule has 1 heterocycles. The smallest absolute Gasteiger partial charge is 0.256 e. The summed E-state index contributed by atoms with van der Waals surface area (Å²) in [5.41, 5.74) is 6.12. The summed E-state index contributed by atoms with van der Waals surface area (Å²) < 4.78 is 0. The Kier molecular flexibility index (Phi) is 7.07. The molecule has 5 nitrogen and oxygen atoms in total. The standard InChI is InChI=1S/C25H19ClN4OS/c26-21-15-13-20(14-16-21)23(31)29-24-22(19-11-5-2-6-12-19)28-25(32-24)30-27-17-7-10-18-8-3-1-4-9-18/h1-17H,(H,28,30)(H,29,31)/b10-7+,27-17-. The molecule has 1 amide bonds. The van der Waals surface area contributed by atoms with Gasteiger partial charge in [0.15, 0.2) is 0 Å². The minimum atomic E-state index is -0.233. The minimum Gasteiger partial charge on any atom is -0.312 e. The van der Waals surface area contributed by atoms with Crippen molar-refractivity contribution < 1.29 is 4.79 Å². The summed E-state index contributed by atoms with van der Waals surface area (Å²) in [7, 11) is 0. The Morgan fingerprint density at radius 3 is 2.34 bits per heavy atom. The summed E-state index contributed by atoms with van der Waals surface area (Å²) in [4.78, 5) is 17.3. The molecule has 0 atom stereocenters. The van der Waals surface area contributed by atoms with E-state index in [1.54, 1.807) is 30.5 Å². The number of aromatic nitrogens is 1. The van der Waals surface area contributed by atoms with Gasteiger partial charge >= 0.3 is 0 Å². The second kappa shape index (κ2) is 10.5. The van der Waals surface area contributed by atoms with Crippen LogP contribution in [-0.2, 0) is 0 Å². The van der Waals surface area contributed by atoms with Crippen LogP contribution in [0.3, 0.4) is 0 Å². The van der Waals surface area contributed by atoms with Crippen molar-refractivity contribution in [2.24, 2.45) is 5.10 Å². The maximum absolute atomic E-state index is 12.7. The van der Waals surface area contributed by atoms with Crippen LogP contribution in [0.4, 0.5) is 10.1 Å². The fraction of sp³-hybridized carbons (Fsp3) is 0. The number of amides is 1. The van der Waals surface area contributed by atoms with Gasteiger partial charge in [-0.1, -0.05) is 89.7 Å². The number of hydrogen-bond donors (Lipinski definition) is 2. The second-order valence-electron chi connectivity index (χ2n) is 6.68. The van der Waals surface area contributed by atoms with E-state index < -0.39 is 0 Å². The molecule has 0 bridgehead atoms. The molecule has 0 saturated carbocycles. The van der Waals surface area contributed by atoms with Crippen molar-refractivity contribution in [1.82, 2.24) is 4.98 Å². The molecular weight excluding hydrogens is 440 g/mol. The zero-order valence-corrected chi connectivity index (χ0v) is 18.5. The van der Waals surface area contributed by atoms with Gasteiger partial charge in [0, 0.05) is 22.4 Å². The fourth-order valence-electron chi connectivity index (χ4n) is 2.87. The molecule has 0 saturated heterocycles. The van der Waals surface area contributed by atoms with Crippen molar-refractivity contribution in [3.05, 3.63) is 107 Å². The average molecular weight is 459 g/mol. The van der Waals surface area contributed by atoms with Crippen LogP contribution in [0, 0.1) is 0 Å². The van der Waals surface area contributed by atoms with Crippen LogP contribution < -0.4 is 10.7 Å². The highest BCUT2D eigenvalue weighted by Crippen LogP contribution is 2.36. The molecule has 3 aromatic carbocycles. The lowest BCUT2D eigenvalue weighted by Gasteiger charge is -2.05. The lowest BCUT2D eigenvalue weighted by Crippen LogP contribution is -2.11. The number of carbonyl (C=O) groups is 1. The summed E-state index contributed by atoms with van der Waals surface area (Å²) in [5.74, 6) is -0.233. The topological polar surface area (TPSA) is 66.4 Å². The van der Waals surface area contributed by atoms with Gasteiger partial charge in [0.1, 0.15) is 10.7 Å². The number of hydrogen-bond acceptors (Lipinski definition) is 5. The number of hydrazone groups is 1. The van der Waals surface area contributed by atoms with Gasteiger partial charge in [0.05, 0.1) is 0 Å². The number of thiazole rings is 1. The molecule has 4 aromatic rings. The van der Waals surface area contributed by atoms with E-state index in [9.17, 15) is 4.79 Å². The first-order valence-corrected chi connectivity index (χ1v) is 11.0. The van der Waals surface area contributed by atoms with Gasteiger partial charge in [-0.3, -0.25) is 10.2 Å². The van der Waals surface area contributed by atoms with E-state index in [1.165, 1.54) is 11.3 Å². The number of rotatable bonds is 7. The van der Waals surface area contributed by atoms with Crippen LogP contribution in [0.25, 0.3) is 17.3 Å². The highest BCUT2D eigenvalue weighted by atomic mass is 35.5. The largest absolute Gasteiger partial charge is 0.312 e. The average Bonchev–Trinajstić information content (AvgIpc) is 3.23. The predicted octanol–water partition coefficient (Wildman–Crippen LogP) is 6.83. The number of halogens is 1. The van der Waals surface area contributed by atoms with Gasteiger partial charge in [-0.2, -0.15) is 5.10 Å². The summed E-state index contributed by atoms with van der Waals surface area (Å²) in [6, 6.07) is 26.4. The maximum Gasteiger partial charge on any atom is 0.256 e. The van der Waals surface area contributed by atoms with Gasteiger partial charge < -0.3 is 5.32 Å². The summed E-state index contributed by atoms with van der Waals surface area (Å²) in [6.07, 6.45) is 5.46. The lowest BCUT2D eigenvalue weighted by atomic mass is 10.1. The second-order valence-corrected chi connectivity index (χ2v) is 8.12. The number of nitrogens with one attached hydrogen (secondary N) is 2. The van der Waals surface area contributed by atoms with Gasteiger partial charge in [-0.25, -0.2) is 4.98 Å². The quantitative estimate of drug-likeness (QED) is 0.235. The Morgan fingerprint density at radius 2 is 1.62 bits per heavy atom. The van der Waals surface area contributed by atoms with Crippen molar-refractivity contribution in [3.8, 4) is 11.3 Å². The molecule has 2 N–H and O–H groups in total. The molecule has 0 aliphatic rings. The van der Waals surface area contributed by atoms with E-state index in [0.29, 0.717) is 26.4 Å². The zero-order valence-electron chi connectivity index (χ0n) is 16.9. The van der Waals surface area contributed by atoms with Crippen molar-refractivity contribution in [3.63, 3.8) is 0 Å². The first kappa shape index (κ1) is 21.5. The maximum atomic E-state index is 12.7. The Bertz CT molecular complexity index is 1240. The molecule has 0 radical (unpaired) electrons. The van der Waals surface area contributed by atoms with E-state index in [1.807, 2.05) is 72.8 Å². The monoisotopic (exact) mass is 458 g/mol. The van der Waals surface area contributed by atoms with Crippen LogP contribution in [-0.4, -0.2) is 17.1 Å². The summed E-state index contributed by atoms with van der Waals surface area (Å²) >= 11 is 7.24. The van der Waals surface area contributed by atoms with Crippen LogP contribution >= 0.6 is 22.9 Å². The Hall–Kier alpha value is -3.74. The van der Waals surface area contributed by atoms with Crippen LogP contribution in [0.2, 0.25) is 5.02 Å². The first-order chi connectivity index (χ1) is 15.7.